The topological polar surface area (TPSA) is 61.4 Å². The molecule has 4 aromatic heterocycles. The van der Waals surface area contributed by atoms with E-state index in [1.165, 1.54) is 10.8 Å². The molecule has 0 saturated carbocycles. The van der Waals surface area contributed by atoms with E-state index in [2.05, 4.69) is 117 Å². The fourth-order valence-electron chi connectivity index (χ4n) is 6.30. The van der Waals surface area contributed by atoms with Crippen molar-refractivity contribution in [2.45, 2.75) is 0 Å². The molecule has 9 aromatic rings. The first kappa shape index (κ1) is 24.5. The summed E-state index contributed by atoms with van der Waals surface area (Å²) in [4.78, 5) is 19.5. The number of para-hydroxylation sites is 3. The van der Waals surface area contributed by atoms with Crippen LogP contribution in [0.25, 0.3) is 78.0 Å². The molecule has 0 unspecified atom stereocenters. The summed E-state index contributed by atoms with van der Waals surface area (Å²) in [6.07, 6.45) is 3.78. The van der Waals surface area contributed by atoms with Crippen molar-refractivity contribution in [3.63, 3.8) is 0 Å². The van der Waals surface area contributed by atoms with Crippen LogP contribution in [0.5, 0.6) is 0 Å². The average Bonchev–Trinajstić information content (AvgIpc) is 3.62. The minimum Gasteiger partial charge on any atom is -0.308 e. The summed E-state index contributed by atoms with van der Waals surface area (Å²) in [5, 5.41) is 4.71. The zero-order valence-electron chi connectivity index (χ0n) is 23.5. The summed E-state index contributed by atoms with van der Waals surface area (Å²) in [5.74, 6) is 1.83. The molecule has 0 aliphatic carbocycles. The second-order valence-electron chi connectivity index (χ2n) is 10.8. The Morgan fingerprint density at radius 3 is 1.50 bits per heavy atom. The molecule has 4 heterocycles. The molecule has 0 aliphatic rings. The van der Waals surface area contributed by atoms with Crippen molar-refractivity contribution in [1.82, 2.24) is 29.1 Å². The van der Waals surface area contributed by atoms with Crippen LogP contribution in [0.3, 0.4) is 0 Å². The molecule has 0 radical (unpaired) electrons. The molecule has 6 heteroatoms. The van der Waals surface area contributed by atoms with Crippen molar-refractivity contribution in [1.29, 1.82) is 0 Å². The van der Waals surface area contributed by atoms with Crippen LogP contribution in [0.2, 0.25) is 0 Å². The molecule has 0 fully saturated rings. The van der Waals surface area contributed by atoms with Crippen molar-refractivity contribution in [2.24, 2.45) is 0 Å². The molecule has 0 aliphatic heterocycles. The smallest absolute Gasteiger partial charge is 0.238 e. The molecule has 6 nitrogen and oxygen atoms in total. The van der Waals surface area contributed by atoms with Crippen LogP contribution in [-0.2, 0) is 0 Å². The van der Waals surface area contributed by atoms with Crippen molar-refractivity contribution < 1.29 is 0 Å². The Labute approximate surface area is 252 Å². The van der Waals surface area contributed by atoms with Gasteiger partial charge in [-0.25, -0.2) is 4.98 Å². The molecule has 5 aromatic carbocycles. The van der Waals surface area contributed by atoms with Crippen LogP contribution < -0.4 is 0 Å². The molecular formula is C38H24N6. The van der Waals surface area contributed by atoms with E-state index in [0.717, 1.165) is 49.7 Å². The van der Waals surface area contributed by atoms with Gasteiger partial charge < -0.3 is 4.57 Å². The van der Waals surface area contributed by atoms with E-state index in [4.69, 9.17) is 15.0 Å². The van der Waals surface area contributed by atoms with E-state index in [9.17, 15) is 0 Å². The van der Waals surface area contributed by atoms with Gasteiger partial charge in [-0.1, -0.05) is 84.9 Å². The van der Waals surface area contributed by atoms with Gasteiger partial charge in [-0.05, 0) is 48.5 Å². The van der Waals surface area contributed by atoms with Crippen molar-refractivity contribution in [2.75, 3.05) is 0 Å². The Hall–Kier alpha value is -6.14. The molecule has 9 rings (SSSR count). The van der Waals surface area contributed by atoms with Crippen molar-refractivity contribution in [3.05, 3.63) is 146 Å². The number of hydrogen-bond donors (Lipinski definition) is 0. The molecule has 0 amide bonds. The summed E-state index contributed by atoms with van der Waals surface area (Å²) in [5.41, 5.74) is 7.22. The molecule has 0 N–H and O–H groups in total. The highest BCUT2D eigenvalue weighted by Crippen LogP contribution is 2.34. The van der Waals surface area contributed by atoms with Gasteiger partial charge in [0.25, 0.3) is 0 Å². The summed E-state index contributed by atoms with van der Waals surface area (Å²) in [6.45, 7) is 0. The Morgan fingerprint density at radius 1 is 0.386 bits per heavy atom. The lowest BCUT2D eigenvalue weighted by Crippen LogP contribution is -2.06. The third-order valence-corrected chi connectivity index (χ3v) is 8.30. The van der Waals surface area contributed by atoms with Gasteiger partial charge in [-0.3, -0.25) is 9.55 Å². The van der Waals surface area contributed by atoms with Gasteiger partial charge in [-0.15, -0.1) is 0 Å². The first-order valence-corrected chi connectivity index (χ1v) is 14.6. The van der Waals surface area contributed by atoms with E-state index in [0.29, 0.717) is 17.6 Å². The highest BCUT2D eigenvalue weighted by molar-refractivity contribution is 6.09. The Kier molecular flexibility index (Phi) is 5.40. The molecule has 206 valence electrons. The number of benzene rings is 5. The predicted molar refractivity (Wildman–Crippen MR) is 177 cm³/mol. The second-order valence-corrected chi connectivity index (χ2v) is 10.8. The van der Waals surface area contributed by atoms with Crippen LogP contribution in [0.1, 0.15) is 0 Å². The van der Waals surface area contributed by atoms with Crippen LogP contribution in [0.4, 0.5) is 0 Å². The van der Waals surface area contributed by atoms with Gasteiger partial charge in [0, 0.05) is 44.6 Å². The Bertz CT molecular complexity index is 2380. The van der Waals surface area contributed by atoms with Crippen molar-refractivity contribution in [3.8, 4) is 34.4 Å². The van der Waals surface area contributed by atoms with Crippen LogP contribution in [0.15, 0.2) is 146 Å². The fourth-order valence-corrected chi connectivity index (χ4v) is 6.30. The number of fused-ring (bicyclic) bond motifs is 6. The maximum Gasteiger partial charge on any atom is 0.238 e. The van der Waals surface area contributed by atoms with E-state index in [-0.39, 0.29) is 0 Å². The van der Waals surface area contributed by atoms with Crippen LogP contribution >= 0.6 is 0 Å². The highest BCUT2D eigenvalue weighted by Gasteiger charge is 2.18. The van der Waals surface area contributed by atoms with E-state index in [1.54, 1.807) is 0 Å². The van der Waals surface area contributed by atoms with Gasteiger partial charge >= 0.3 is 0 Å². The minimum atomic E-state index is 0.587. The summed E-state index contributed by atoms with van der Waals surface area (Å²) in [7, 11) is 0. The van der Waals surface area contributed by atoms with Crippen LogP contribution in [-0.4, -0.2) is 29.1 Å². The summed E-state index contributed by atoms with van der Waals surface area (Å²) < 4.78 is 4.40. The average molecular weight is 565 g/mol. The quantitative estimate of drug-likeness (QED) is 0.214. The lowest BCUT2D eigenvalue weighted by molar-refractivity contribution is 0.953. The number of rotatable bonds is 4. The first-order valence-electron chi connectivity index (χ1n) is 14.6. The van der Waals surface area contributed by atoms with Gasteiger partial charge in [0.15, 0.2) is 11.6 Å². The van der Waals surface area contributed by atoms with Gasteiger partial charge in [0.05, 0.1) is 28.3 Å². The van der Waals surface area contributed by atoms with Crippen molar-refractivity contribution >= 4 is 43.6 Å². The SMILES string of the molecule is c1ccc(-c2nc(-c3ccc(-n4c5ccccc5c5ccncc54)cc3)nc(-n3c4ccccc4c4ccccc43)n2)cc1. The largest absolute Gasteiger partial charge is 0.308 e. The molecule has 44 heavy (non-hydrogen) atoms. The van der Waals surface area contributed by atoms with E-state index in [1.807, 2.05) is 42.7 Å². The maximum atomic E-state index is 5.09. The number of aromatic nitrogens is 6. The Morgan fingerprint density at radius 2 is 0.886 bits per heavy atom. The molecule has 0 saturated heterocycles. The molecule has 0 bridgehead atoms. The standard InChI is InChI=1S/C38H24N6/c1-2-10-25(11-3-1)36-40-37(42-38(41-36)44-33-16-8-5-12-28(33)29-13-6-9-17-34(29)44)26-18-20-27(21-19-26)43-32-15-7-4-14-30(32)31-22-23-39-24-35(31)43/h1-24H. The summed E-state index contributed by atoms with van der Waals surface area (Å²) >= 11 is 0. The lowest BCUT2D eigenvalue weighted by atomic mass is 10.1. The van der Waals surface area contributed by atoms with E-state index < -0.39 is 0 Å². The first-order chi connectivity index (χ1) is 21.8. The van der Waals surface area contributed by atoms with Gasteiger partial charge in [0.2, 0.25) is 5.95 Å². The molecular weight excluding hydrogens is 540 g/mol. The third-order valence-electron chi connectivity index (χ3n) is 8.30. The van der Waals surface area contributed by atoms with E-state index >= 15 is 0 Å². The van der Waals surface area contributed by atoms with Crippen LogP contribution in [0, 0.1) is 0 Å². The maximum absolute atomic E-state index is 5.09. The minimum absolute atomic E-state index is 0.587. The number of hydrogen-bond acceptors (Lipinski definition) is 4. The monoisotopic (exact) mass is 564 g/mol. The molecule has 0 atom stereocenters. The summed E-state index contributed by atoms with van der Waals surface area (Å²) in [6, 6.07) is 45.9. The fraction of sp³-hybridized carbons (Fsp3) is 0. The number of nitrogens with zero attached hydrogens (tertiary/aromatic N) is 6. The highest BCUT2D eigenvalue weighted by atomic mass is 15.2. The zero-order chi connectivity index (χ0) is 29.0. The second kappa shape index (κ2) is 9.71. The third kappa shape index (κ3) is 3.75. The zero-order valence-corrected chi connectivity index (χ0v) is 23.5. The normalized spacial score (nSPS) is 11.6. The predicted octanol–water partition coefficient (Wildman–Crippen LogP) is 8.79. The van der Waals surface area contributed by atoms with Gasteiger partial charge in [-0.2, -0.15) is 9.97 Å². The lowest BCUT2D eigenvalue weighted by Gasteiger charge is -2.12. The van der Waals surface area contributed by atoms with Gasteiger partial charge in [0.1, 0.15) is 0 Å². The Balaban J connectivity index is 1.24. The molecule has 0 spiro atoms. The number of pyridine rings is 1.